The number of nitrogens with two attached hydrogens (primary N) is 2. The van der Waals surface area contributed by atoms with Gasteiger partial charge in [-0.15, -0.1) is 0 Å². The van der Waals surface area contributed by atoms with Crippen molar-refractivity contribution in [1.29, 1.82) is 0 Å². The first-order chi connectivity index (χ1) is 8.40. The fraction of sp³-hybridized carbons (Fsp3) is 0. The molecule has 0 atom stereocenters. The molecule has 0 aromatic heterocycles. The van der Waals surface area contributed by atoms with Crippen LogP contribution in [0.5, 0.6) is 5.75 Å². The first-order valence-corrected chi connectivity index (χ1v) is 4.92. The highest BCUT2D eigenvalue weighted by molar-refractivity contribution is 6.02. The van der Waals surface area contributed by atoms with Crippen molar-refractivity contribution in [3.63, 3.8) is 0 Å². The molecule has 94 valence electrons. The molecule has 18 heavy (non-hydrogen) atoms. The standard InChI is InChI=1S/C12H13N3O3/c1-7(13)11(16)15-9-4-3-5-10(6-9)18-12(17)8(2)14/h3-6H,1-2,13-14H2,(H,15,16). The van der Waals surface area contributed by atoms with Gasteiger partial charge in [0.15, 0.2) is 0 Å². The molecule has 0 bridgehead atoms. The van der Waals surface area contributed by atoms with E-state index in [1.807, 2.05) is 0 Å². The molecule has 0 aliphatic carbocycles. The fourth-order valence-electron chi connectivity index (χ4n) is 1.02. The van der Waals surface area contributed by atoms with Gasteiger partial charge in [0.05, 0.1) is 5.70 Å². The van der Waals surface area contributed by atoms with Crippen molar-refractivity contribution >= 4 is 17.6 Å². The SMILES string of the molecule is C=C(N)C(=O)Nc1cccc(OC(=O)C(=C)N)c1. The Morgan fingerprint density at radius 3 is 2.39 bits per heavy atom. The highest BCUT2D eigenvalue weighted by atomic mass is 16.5. The Kier molecular flexibility index (Phi) is 4.09. The van der Waals surface area contributed by atoms with Crippen LogP contribution in [0.4, 0.5) is 5.69 Å². The lowest BCUT2D eigenvalue weighted by Crippen LogP contribution is -2.19. The summed E-state index contributed by atoms with van der Waals surface area (Å²) in [4.78, 5) is 22.5. The normalized spacial score (nSPS) is 9.33. The van der Waals surface area contributed by atoms with Gasteiger partial charge in [-0.3, -0.25) is 4.79 Å². The maximum atomic E-state index is 11.3. The minimum Gasteiger partial charge on any atom is -0.422 e. The Morgan fingerprint density at radius 2 is 1.83 bits per heavy atom. The summed E-state index contributed by atoms with van der Waals surface area (Å²) in [6.45, 7) is 6.55. The predicted octanol–water partition coefficient (Wildman–Crippen LogP) is 0.475. The fourth-order valence-corrected chi connectivity index (χ4v) is 1.02. The zero-order valence-electron chi connectivity index (χ0n) is 9.60. The van der Waals surface area contributed by atoms with Crippen LogP contribution in [0, 0.1) is 0 Å². The van der Waals surface area contributed by atoms with E-state index in [4.69, 9.17) is 16.2 Å². The lowest BCUT2D eigenvalue weighted by Gasteiger charge is -2.07. The summed E-state index contributed by atoms with van der Waals surface area (Å²) >= 11 is 0. The van der Waals surface area contributed by atoms with Crippen molar-refractivity contribution in [3.8, 4) is 5.75 Å². The van der Waals surface area contributed by atoms with E-state index in [-0.39, 0.29) is 17.1 Å². The Balaban J connectivity index is 2.80. The van der Waals surface area contributed by atoms with Gasteiger partial charge in [0.2, 0.25) is 0 Å². The second-order valence-corrected chi connectivity index (χ2v) is 3.42. The largest absolute Gasteiger partial charge is 0.422 e. The van der Waals surface area contributed by atoms with Crippen molar-refractivity contribution in [3.05, 3.63) is 48.8 Å². The number of hydrogen-bond acceptors (Lipinski definition) is 5. The van der Waals surface area contributed by atoms with Crippen molar-refractivity contribution in [2.75, 3.05) is 5.32 Å². The van der Waals surface area contributed by atoms with Crippen molar-refractivity contribution < 1.29 is 14.3 Å². The van der Waals surface area contributed by atoms with Crippen molar-refractivity contribution in [1.82, 2.24) is 0 Å². The Labute approximate surface area is 104 Å². The first kappa shape index (κ1) is 13.3. The third-order valence-corrected chi connectivity index (χ3v) is 1.86. The summed E-state index contributed by atoms with van der Waals surface area (Å²) in [5.74, 6) is -1.05. The molecule has 0 unspecified atom stereocenters. The van der Waals surface area contributed by atoms with Gasteiger partial charge in [0.1, 0.15) is 11.4 Å². The van der Waals surface area contributed by atoms with Gasteiger partial charge in [-0.2, -0.15) is 0 Å². The Bertz CT molecular complexity index is 480. The molecule has 0 heterocycles. The zero-order valence-corrected chi connectivity index (χ0v) is 9.60. The van der Waals surface area contributed by atoms with Crippen LogP contribution in [0.2, 0.25) is 0 Å². The highest BCUT2D eigenvalue weighted by Gasteiger charge is 2.08. The van der Waals surface area contributed by atoms with Crippen LogP contribution >= 0.6 is 0 Å². The molecule has 5 N–H and O–H groups in total. The number of anilines is 1. The van der Waals surface area contributed by atoms with Crippen LogP contribution in [0.1, 0.15) is 0 Å². The molecule has 1 amide bonds. The van der Waals surface area contributed by atoms with Gasteiger partial charge in [-0.05, 0) is 12.1 Å². The molecule has 0 fully saturated rings. The molecule has 1 aromatic carbocycles. The topological polar surface area (TPSA) is 107 Å². The highest BCUT2D eigenvalue weighted by Crippen LogP contribution is 2.18. The maximum Gasteiger partial charge on any atom is 0.358 e. The van der Waals surface area contributed by atoms with Crippen LogP contribution in [0.3, 0.4) is 0 Å². The molecule has 1 rings (SSSR count). The number of esters is 1. The maximum absolute atomic E-state index is 11.3. The van der Waals surface area contributed by atoms with Crippen LogP contribution in [0.25, 0.3) is 0 Å². The second kappa shape index (κ2) is 5.53. The Hall–Kier alpha value is -2.76. The van der Waals surface area contributed by atoms with Gasteiger partial charge < -0.3 is 21.5 Å². The van der Waals surface area contributed by atoms with E-state index in [9.17, 15) is 9.59 Å². The lowest BCUT2D eigenvalue weighted by atomic mass is 10.3. The molecular weight excluding hydrogens is 234 g/mol. The van der Waals surface area contributed by atoms with Gasteiger partial charge in [0, 0.05) is 11.8 Å². The van der Waals surface area contributed by atoms with E-state index < -0.39 is 11.9 Å². The van der Waals surface area contributed by atoms with E-state index in [2.05, 4.69) is 18.5 Å². The minimum absolute atomic E-state index is 0.118. The predicted molar refractivity (Wildman–Crippen MR) is 67.4 cm³/mol. The number of carbonyl (C=O) groups is 2. The average Bonchev–Trinajstić information content (AvgIpc) is 2.29. The van der Waals surface area contributed by atoms with Crippen LogP contribution < -0.4 is 21.5 Å². The number of benzene rings is 1. The van der Waals surface area contributed by atoms with E-state index in [0.29, 0.717) is 5.69 Å². The minimum atomic E-state index is -0.748. The molecule has 0 saturated heterocycles. The summed E-state index contributed by atoms with van der Waals surface area (Å²) in [5.41, 5.74) is 10.5. The summed E-state index contributed by atoms with van der Waals surface area (Å²) in [7, 11) is 0. The lowest BCUT2D eigenvalue weighted by molar-refractivity contribution is -0.130. The monoisotopic (exact) mass is 247 g/mol. The first-order valence-electron chi connectivity index (χ1n) is 4.92. The van der Waals surface area contributed by atoms with Crippen LogP contribution in [0.15, 0.2) is 48.8 Å². The van der Waals surface area contributed by atoms with Crippen LogP contribution in [-0.4, -0.2) is 11.9 Å². The number of nitrogens with one attached hydrogen (secondary N) is 1. The summed E-state index contributed by atoms with van der Waals surface area (Å²) < 4.78 is 4.89. The number of ether oxygens (including phenoxy) is 1. The van der Waals surface area contributed by atoms with Crippen molar-refractivity contribution in [2.24, 2.45) is 11.5 Å². The number of rotatable bonds is 4. The number of amides is 1. The van der Waals surface area contributed by atoms with Crippen LogP contribution in [-0.2, 0) is 9.59 Å². The molecule has 0 saturated carbocycles. The average molecular weight is 247 g/mol. The van der Waals surface area contributed by atoms with Crippen molar-refractivity contribution in [2.45, 2.75) is 0 Å². The molecule has 0 spiro atoms. The van der Waals surface area contributed by atoms with Gasteiger partial charge in [-0.25, -0.2) is 4.79 Å². The summed E-state index contributed by atoms with van der Waals surface area (Å²) in [6, 6.07) is 6.18. The molecule has 1 aromatic rings. The molecule has 6 heteroatoms. The third kappa shape index (κ3) is 3.67. The quantitative estimate of drug-likeness (QED) is 0.407. The van der Waals surface area contributed by atoms with E-state index in [0.717, 1.165) is 0 Å². The van der Waals surface area contributed by atoms with E-state index in [1.165, 1.54) is 12.1 Å². The molecule has 0 aliphatic heterocycles. The smallest absolute Gasteiger partial charge is 0.358 e. The van der Waals surface area contributed by atoms with E-state index in [1.54, 1.807) is 12.1 Å². The molecule has 6 nitrogen and oxygen atoms in total. The number of hydrogen-bond donors (Lipinski definition) is 3. The Morgan fingerprint density at radius 1 is 1.17 bits per heavy atom. The van der Waals surface area contributed by atoms with E-state index >= 15 is 0 Å². The number of carbonyl (C=O) groups excluding carboxylic acids is 2. The summed E-state index contributed by atoms with van der Waals surface area (Å²) in [6.07, 6.45) is 0. The van der Waals surface area contributed by atoms with Gasteiger partial charge in [0.25, 0.3) is 5.91 Å². The summed E-state index contributed by atoms with van der Waals surface area (Å²) in [5, 5.41) is 2.48. The van der Waals surface area contributed by atoms with Gasteiger partial charge >= 0.3 is 5.97 Å². The molecule has 0 aliphatic rings. The second-order valence-electron chi connectivity index (χ2n) is 3.42. The molecular formula is C12H13N3O3. The third-order valence-electron chi connectivity index (χ3n) is 1.86. The van der Waals surface area contributed by atoms with Gasteiger partial charge in [-0.1, -0.05) is 19.2 Å². The molecule has 0 radical (unpaired) electrons. The zero-order chi connectivity index (χ0) is 13.7.